The molecular formula is C16H15F5N4O. The molecule has 0 aliphatic carbocycles. The van der Waals surface area contributed by atoms with Gasteiger partial charge in [0.05, 0.1) is 23.4 Å². The van der Waals surface area contributed by atoms with E-state index in [0.29, 0.717) is 12.2 Å². The van der Waals surface area contributed by atoms with Crippen LogP contribution in [0.15, 0.2) is 11.1 Å². The summed E-state index contributed by atoms with van der Waals surface area (Å²) in [4.78, 5) is 9.80. The lowest BCUT2D eigenvalue weighted by Gasteiger charge is -2.13. The van der Waals surface area contributed by atoms with E-state index in [1.807, 2.05) is 6.92 Å². The summed E-state index contributed by atoms with van der Waals surface area (Å²) in [5.74, 6) is -12.8. The zero-order valence-electron chi connectivity index (χ0n) is 14.1. The van der Waals surface area contributed by atoms with Crippen molar-refractivity contribution in [1.82, 2.24) is 9.88 Å². The first-order valence-electron chi connectivity index (χ1n) is 7.38. The molecule has 10 heteroatoms. The number of aryl methyl sites for hydroxylation is 1. The average Bonchev–Trinajstić information content (AvgIpc) is 2.62. The summed E-state index contributed by atoms with van der Waals surface area (Å²) in [5.41, 5.74) is 6.14. The number of nitrogen functional groups attached to an aromatic ring is 1. The van der Waals surface area contributed by atoms with Crippen molar-refractivity contribution in [2.45, 2.75) is 13.8 Å². The highest BCUT2D eigenvalue weighted by Crippen LogP contribution is 2.35. The number of hydrogen-bond donors (Lipinski definition) is 1. The van der Waals surface area contributed by atoms with Gasteiger partial charge in [0.15, 0.2) is 0 Å². The molecule has 1 aromatic carbocycles. The first-order valence-corrected chi connectivity index (χ1v) is 7.38. The third kappa shape index (κ3) is 3.68. The minimum atomic E-state index is -2.28. The summed E-state index contributed by atoms with van der Waals surface area (Å²) in [7, 11) is 1.79. The van der Waals surface area contributed by atoms with E-state index in [-0.39, 0.29) is 11.4 Å². The predicted molar refractivity (Wildman–Crippen MR) is 86.1 cm³/mol. The van der Waals surface area contributed by atoms with Crippen LogP contribution in [0.4, 0.5) is 33.3 Å². The Labute approximate surface area is 145 Å². The molecule has 0 spiro atoms. The number of nitrogens with zero attached hydrogens (tertiary/aromatic N) is 3. The van der Waals surface area contributed by atoms with Gasteiger partial charge >= 0.3 is 0 Å². The standard InChI is InChI=1S/C16H15F5N4O/c1-4-25(3)6-23-9-5-8(22)16(24-7(9)2)26-15-13(20)11(18)10(17)12(19)14(15)21/h5-6H,4,22H2,1-3H3. The number of aromatic nitrogens is 1. The summed E-state index contributed by atoms with van der Waals surface area (Å²) >= 11 is 0. The SMILES string of the molecule is CCN(C)C=Nc1cc(N)c(Oc2c(F)c(F)c(F)c(F)c2F)nc1C. The van der Waals surface area contributed by atoms with Crippen molar-refractivity contribution in [3.8, 4) is 11.6 Å². The quantitative estimate of drug-likeness (QED) is 0.282. The van der Waals surface area contributed by atoms with Crippen LogP contribution in [-0.2, 0) is 0 Å². The van der Waals surface area contributed by atoms with Gasteiger partial charge in [0.2, 0.25) is 40.7 Å². The molecule has 0 amide bonds. The van der Waals surface area contributed by atoms with Crippen LogP contribution in [-0.4, -0.2) is 29.8 Å². The van der Waals surface area contributed by atoms with Gasteiger partial charge in [0.25, 0.3) is 0 Å². The highest BCUT2D eigenvalue weighted by atomic mass is 19.2. The van der Waals surface area contributed by atoms with E-state index in [2.05, 4.69) is 9.98 Å². The second-order valence-corrected chi connectivity index (χ2v) is 5.31. The molecule has 2 aromatic rings. The molecular weight excluding hydrogens is 359 g/mol. The summed E-state index contributed by atoms with van der Waals surface area (Å²) < 4.78 is 71.7. The van der Waals surface area contributed by atoms with Gasteiger partial charge < -0.3 is 15.4 Å². The first kappa shape index (κ1) is 19.4. The smallest absolute Gasteiger partial charge is 0.243 e. The van der Waals surface area contributed by atoms with E-state index in [1.165, 1.54) is 19.3 Å². The molecule has 1 aromatic heterocycles. The van der Waals surface area contributed by atoms with E-state index < -0.39 is 40.7 Å². The fourth-order valence-electron chi connectivity index (χ4n) is 1.81. The van der Waals surface area contributed by atoms with Crippen molar-refractivity contribution in [1.29, 1.82) is 0 Å². The van der Waals surface area contributed by atoms with Crippen molar-refractivity contribution < 1.29 is 26.7 Å². The Hall–Kier alpha value is -2.91. The van der Waals surface area contributed by atoms with Crippen molar-refractivity contribution in [2.24, 2.45) is 4.99 Å². The van der Waals surface area contributed by atoms with Gasteiger partial charge in [0, 0.05) is 13.6 Å². The highest BCUT2D eigenvalue weighted by molar-refractivity contribution is 5.66. The Kier molecular flexibility index (Phi) is 5.63. The maximum absolute atomic E-state index is 13.7. The van der Waals surface area contributed by atoms with E-state index >= 15 is 0 Å². The molecule has 2 rings (SSSR count). The van der Waals surface area contributed by atoms with Crippen molar-refractivity contribution in [2.75, 3.05) is 19.3 Å². The summed E-state index contributed by atoms with van der Waals surface area (Å²) in [6.07, 6.45) is 1.52. The van der Waals surface area contributed by atoms with Crippen LogP contribution in [0.2, 0.25) is 0 Å². The fraction of sp³-hybridized carbons (Fsp3) is 0.250. The predicted octanol–water partition coefficient (Wildman–Crippen LogP) is 4.07. The number of aliphatic imine (C=N–C) groups is 1. The number of benzene rings is 1. The minimum Gasteiger partial charge on any atom is -0.431 e. The van der Waals surface area contributed by atoms with Gasteiger partial charge in [-0.2, -0.15) is 8.78 Å². The number of halogens is 5. The van der Waals surface area contributed by atoms with Gasteiger partial charge in [-0.3, -0.25) is 0 Å². The van der Waals surface area contributed by atoms with Crippen LogP contribution in [0.1, 0.15) is 12.6 Å². The molecule has 0 saturated carbocycles. The number of rotatable bonds is 5. The highest BCUT2D eigenvalue weighted by Gasteiger charge is 2.28. The lowest BCUT2D eigenvalue weighted by atomic mass is 10.2. The monoisotopic (exact) mass is 374 g/mol. The van der Waals surface area contributed by atoms with Crippen LogP contribution in [0.3, 0.4) is 0 Å². The maximum Gasteiger partial charge on any atom is 0.243 e. The second-order valence-electron chi connectivity index (χ2n) is 5.31. The molecule has 0 atom stereocenters. The molecule has 0 unspecified atom stereocenters. The number of nitrogens with two attached hydrogens (primary N) is 1. The lowest BCUT2D eigenvalue weighted by Crippen LogP contribution is -2.14. The lowest BCUT2D eigenvalue weighted by molar-refractivity contribution is 0.328. The van der Waals surface area contributed by atoms with Crippen molar-refractivity contribution in [3.63, 3.8) is 0 Å². The van der Waals surface area contributed by atoms with Gasteiger partial charge in [-0.25, -0.2) is 23.1 Å². The summed E-state index contributed by atoms with van der Waals surface area (Å²) in [6.45, 7) is 4.13. The van der Waals surface area contributed by atoms with E-state index in [0.717, 1.165) is 0 Å². The fourth-order valence-corrected chi connectivity index (χ4v) is 1.81. The topological polar surface area (TPSA) is 63.7 Å². The summed E-state index contributed by atoms with van der Waals surface area (Å²) in [6, 6.07) is 1.31. The van der Waals surface area contributed by atoms with E-state index in [1.54, 1.807) is 11.9 Å². The third-order valence-corrected chi connectivity index (χ3v) is 3.44. The number of hydrogen-bond acceptors (Lipinski definition) is 4. The molecule has 0 radical (unpaired) electrons. The number of anilines is 1. The Bertz CT molecular complexity index is 843. The average molecular weight is 374 g/mol. The molecule has 2 N–H and O–H groups in total. The largest absolute Gasteiger partial charge is 0.431 e. The number of ether oxygens (including phenoxy) is 1. The Morgan fingerprint density at radius 1 is 1.12 bits per heavy atom. The molecule has 1 heterocycles. The minimum absolute atomic E-state index is 0.189. The van der Waals surface area contributed by atoms with Gasteiger partial charge in [0.1, 0.15) is 0 Å². The molecule has 0 bridgehead atoms. The van der Waals surface area contributed by atoms with Crippen LogP contribution >= 0.6 is 0 Å². The van der Waals surface area contributed by atoms with E-state index in [4.69, 9.17) is 10.5 Å². The zero-order valence-corrected chi connectivity index (χ0v) is 14.1. The second kappa shape index (κ2) is 7.54. The Morgan fingerprint density at radius 3 is 2.19 bits per heavy atom. The first-order chi connectivity index (χ1) is 12.2. The van der Waals surface area contributed by atoms with Crippen LogP contribution in [0.25, 0.3) is 0 Å². The van der Waals surface area contributed by atoms with Crippen molar-refractivity contribution in [3.05, 3.63) is 40.8 Å². The molecule has 0 fully saturated rings. The van der Waals surface area contributed by atoms with Crippen LogP contribution in [0.5, 0.6) is 11.6 Å². The normalized spacial score (nSPS) is 11.2. The summed E-state index contributed by atoms with van der Waals surface area (Å²) in [5, 5.41) is 0. The molecule has 26 heavy (non-hydrogen) atoms. The van der Waals surface area contributed by atoms with Crippen LogP contribution in [0, 0.1) is 36.0 Å². The van der Waals surface area contributed by atoms with Crippen molar-refractivity contribution >= 4 is 17.7 Å². The molecule has 0 saturated heterocycles. The molecule has 0 aliphatic heterocycles. The van der Waals surface area contributed by atoms with Gasteiger partial charge in [-0.1, -0.05) is 0 Å². The maximum atomic E-state index is 13.7. The zero-order chi connectivity index (χ0) is 19.6. The van der Waals surface area contributed by atoms with Crippen LogP contribution < -0.4 is 10.5 Å². The molecule has 5 nitrogen and oxygen atoms in total. The Morgan fingerprint density at radius 2 is 1.65 bits per heavy atom. The van der Waals surface area contributed by atoms with Gasteiger partial charge in [-0.15, -0.1) is 0 Å². The molecule has 140 valence electrons. The Balaban J connectivity index is 2.44. The van der Waals surface area contributed by atoms with E-state index in [9.17, 15) is 22.0 Å². The number of pyridine rings is 1. The third-order valence-electron chi connectivity index (χ3n) is 3.44. The molecule has 0 aliphatic rings. The van der Waals surface area contributed by atoms with Gasteiger partial charge in [-0.05, 0) is 19.9 Å².